The highest BCUT2D eigenvalue weighted by molar-refractivity contribution is 4.89. The highest BCUT2D eigenvalue weighted by Gasteiger charge is 2.34. The highest BCUT2D eigenvalue weighted by atomic mass is 14.9. The molecular formula is C14H30N2. The summed E-state index contributed by atoms with van der Waals surface area (Å²) in [6.07, 6.45) is 3.96. The molecule has 2 heteroatoms. The molecule has 0 amide bonds. The highest BCUT2D eigenvalue weighted by Crippen LogP contribution is 2.37. The molecule has 2 unspecified atom stereocenters. The van der Waals surface area contributed by atoms with Gasteiger partial charge in [0.25, 0.3) is 0 Å². The van der Waals surface area contributed by atoms with Gasteiger partial charge in [-0.15, -0.1) is 0 Å². The summed E-state index contributed by atoms with van der Waals surface area (Å²) in [6, 6.07) is 0.659. The van der Waals surface area contributed by atoms with Crippen LogP contribution in [0.2, 0.25) is 0 Å². The Labute approximate surface area is 101 Å². The van der Waals surface area contributed by atoms with Crippen LogP contribution in [0, 0.1) is 16.7 Å². The second-order valence-electron chi connectivity index (χ2n) is 7.05. The van der Waals surface area contributed by atoms with Crippen LogP contribution in [0.15, 0.2) is 0 Å². The second-order valence-corrected chi connectivity index (χ2v) is 7.05. The fourth-order valence-corrected chi connectivity index (χ4v) is 2.24. The molecule has 0 aromatic rings. The Kier molecular flexibility index (Phi) is 4.42. The van der Waals surface area contributed by atoms with Crippen molar-refractivity contribution in [3.05, 3.63) is 0 Å². The fraction of sp³-hybridized carbons (Fsp3) is 1.00. The predicted molar refractivity (Wildman–Crippen MR) is 71.4 cm³/mol. The predicted octanol–water partition coefficient (Wildman–Crippen LogP) is 2.78. The Bertz CT molecular complexity index is 215. The fourth-order valence-electron chi connectivity index (χ4n) is 2.24. The third kappa shape index (κ3) is 3.21. The lowest BCUT2D eigenvalue weighted by atomic mass is 9.69. The lowest BCUT2D eigenvalue weighted by Gasteiger charge is -2.40. The molecule has 0 saturated heterocycles. The summed E-state index contributed by atoms with van der Waals surface area (Å²) in [6.45, 7) is 13.6. The molecular weight excluding hydrogens is 196 g/mol. The van der Waals surface area contributed by atoms with Crippen LogP contribution in [0.1, 0.15) is 53.9 Å². The van der Waals surface area contributed by atoms with Gasteiger partial charge in [-0.1, -0.05) is 41.0 Å². The molecule has 2 nitrogen and oxygen atoms in total. The molecule has 2 atom stereocenters. The number of nitrogens with one attached hydrogen (secondary N) is 1. The quantitative estimate of drug-likeness (QED) is 0.773. The summed E-state index contributed by atoms with van der Waals surface area (Å²) >= 11 is 0. The monoisotopic (exact) mass is 226 g/mol. The van der Waals surface area contributed by atoms with Crippen LogP contribution in [0.25, 0.3) is 0 Å². The molecule has 0 aromatic carbocycles. The van der Waals surface area contributed by atoms with Crippen molar-refractivity contribution in [2.24, 2.45) is 22.5 Å². The van der Waals surface area contributed by atoms with E-state index in [0.717, 1.165) is 13.1 Å². The molecule has 0 aliphatic heterocycles. The maximum Gasteiger partial charge on any atom is 0.0108 e. The van der Waals surface area contributed by atoms with Gasteiger partial charge in [-0.3, -0.25) is 0 Å². The minimum absolute atomic E-state index is 0.328. The van der Waals surface area contributed by atoms with E-state index in [-0.39, 0.29) is 0 Å². The van der Waals surface area contributed by atoms with E-state index in [0.29, 0.717) is 22.8 Å². The van der Waals surface area contributed by atoms with E-state index in [9.17, 15) is 0 Å². The molecule has 1 aliphatic carbocycles. The van der Waals surface area contributed by atoms with Crippen LogP contribution < -0.4 is 11.1 Å². The van der Waals surface area contributed by atoms with Gasteiger partial charge in [0, 0.05) is 12.6 Å². The second kappa shape index (κ2) is 5.05. The lowest BCUT2D eigenvalue weighted by Crippen LogP contribution is -2.45. The van der Waals surface area contributed by atoms with E-state index in [1.165, 1.54) is 19.3 Å². The molecule has 0 radical (unpaired) electrons. The Morgan fingerprint density at radius 2 is 1.75 bits per heavy atom. The molecule has 0 spiro atoms. The van der Waals surface area contributed by atoms with Gasteiger partial charge in [0.15, 0.2) is 0 Å². The van der Waals surface area contributed by atoms with Crippen molar-refractivity contribution in [1.29, 1.82) is 0 Å². The van der Waals surface area contributed by atoms with Gasteiger partial charge in [-0.05, 0) is 36.1 Å². The van der Waals surface area contributed by atoms with Gasteiger partial charge >= 0.3 is 0 Å². The summed E-state index contributed by atoms with van der Waals surface area (Å²) in [5.41, 5.74) is 6.48. The largest absolute Gasteiger partial charge is 0.330 e. The third-order valence-electron chi connectivity index (χ3n) is 4.80. The van der Waals surface area contributed by atoms with E-state index in [4.69, 9.17) is 5.73 Å². The number of nitrogens with two attached hydrogens (primary N) is 1. The summed E-state index contributed by atoms with van der Waals surface area (Å²) in [7, 11) is 0. The van der Waals surface area contributed by atoms with Crippen molar-refractivity contribution in [2.75, 3.05) is 13.1 Å². The Balaban J connectivity index is 2.45. The first kappa shape index (κ1) is 14.0. The van der Waals surface area contributed by atoms with Gasteiger partial charge < -0.3 is 11.1 Å². The first-order valence-corrected chi connectivity index (χ1v) is 6.71. The van der Waals surface area contributed by atoms with E-state index in [2.05, 4.69) is 39.9 Å². The van der Waals surface area contributed by atoms with E-state index >= 15 is 0 Å². The maximum absolute atomic E-state index is 5.81. The topological polar surface area (TPSA) is 38.0 Å². The summed E-state index contributed by atoms with van der Waals surface area (Å²) in [5, 5.41) is 3.75. The Hall–Kier alpha value is -0.0800. The molecule has 16 heavy (non-hydrogen) atoms. The Morgan fingerprint density at radius 3 is 2.25 bits per heavy atom. The van der Waals surface area contributed by atoms with Crippen molar-refractivity contribution >= 4 is 0 Å². The van der Waals surface area contributed by atoms with Gasteiger partial charge in [0.2, 0.25) is 0 Å². The van der Waals surface area contributed by atoms with Crippen molar-refractivity contribution in [3.63, 3.8) is 0 Å². The van der Waals surface area contributed by atoms with E-state index in [1.54, 1.807) is 0 Å². The van der Waals surface area contributed by atoms with Gasteiger partial charge in [-0.2, -0.15) is 0 Å². The van der Waals surface area contributed by atoms with Crippen LogP contribution in [-0.4, -0.2) is 19.1 Å². The van der Waals surface area contributed by atoms with Gasteiger partial charge in [0.05, 0.1) is 0 Å². The van der Waals surface area contributed by atoms with E-state index < -0.39 is 0 Å². The lowest BCUT2D eigenvalue weighted by molar-refractivity contribution is 0.122. The van der Waals surface area contributed by atoms with Crippen LogP contribution >= 0.6 is 0 Å². The summed E-state index contributed by atoms with van der Waals surface area (Å²) in [5.74, 6) is 0.704. The summed E-state index contributed by atoms with van der Waals surface area (Å²) < 4.78 is 0. The number of hydrogen-bond donors (Lipinski definition) is 2. The molecule has 0 aromatic heterocycles. The third-order valence-corrected chi connectivity index (χ3v) is 4.80. The number of hydrogen-bond acceptors (Lipinski definition) is 2. The van der Waals surface area contributed by atoms with Crippen molar-refractivity contribution < 1.29 is 0 Å². The molecule has 1 saturated carbocycles. The Morgan fingerprint density at radius 1 is 1.12 bits per heavy atom. The van der Waals surface area contributed by atoms with Crippen LogP contribution in [-0.2, 0) is 0 Å². The molecule has 1 rings (SSSR count). The summed E-state index contributed by atoms with van der Waals surface area (Å²) in [4.78, 5) is 0. The van der Waals surface area contributed by atoms with Crippen LogP contribution in [0.4, 0.5) is 0 Å². The molecule has 0 bridgehead atoms. The van der Waals surface area contributed by atoms with Crippen molar-refractivity contribution in [1.82, 2.24) is 5.32 Å². The smallest absolute Gasteiger partial charge is 0.0108 e. The zero-order chi connectivity index (χ0) is 12.4. The average molecular weight is 226 g/mol. The molecule has 1 fully saturated rings. The first-order valence-electron chi connectivity index (χ1n) is 6.71. The average Bonchev–Trinajstić information content (AvgIpc) is 2.60. The minimum Gasteiger partial charge on any atom is -0.330 e. The van der Waals surface area contributed by atoms with Crippen molar-refractivity contribution in [2.45, 2.75) is 59.9 Å². The zero-order valence-electron chi connectivity index (χ0n) is 11.8. The van der Waals surface area contributed by atoms with Crippen LogP contribution in [0.5, 0.6) is 0 Å². The van der Waals surface area contributed by atoms with E-state index in [1.807, 2.05) is 0 Å². The normalized spacial score (nSPS) is 27.4. The molecule has 96 valence electrons. The molecule has 3 N–H and O–H groups in total. The first-order chi connectivity index (χ1) is 7.28. The zero-order valence-corrected chi connectivity index (χ0v) is 11.8. The SMILES string of the molecule is CC(C)(C)C(C)(C)CNC1CCCC1CN. The molecule has 0 heterocycles. The standard InChI is InChI=1S/C14H30N2/c1-13(2,3)14(4,5)10-16-12-8-6-7-11(12)9-15/h11-12,16H,6-10,15H2,1-5H3. The van der Waals surface area contributed by atoms with Crippen molar-refractivity contribution in [3.8, 4) is 0 Å². The van der Waals surface area contributed by atoms with Gasteiger partial charge in [-0.25, -0.2) is 0 Å². The number of rotatable bonds is 4. The van der Waals surface area contributed by atoms with Crippen LogP contribution in [0.3, 0.4) is 0 Å². The molecule has 1 aliphatic rings. The van der Waals surface area contributed by atoms with Gasteiger partial charge in [0.1, 0.15) is 0 Å². The minimum atomic E-state index is 0.328. The maximum atomic E-state index is 5.81.